The second-order valence-corrected chi connectivity index (χ2v) is 6.92. The third kappa shape index (κ3) is 2.74. The summed E-state index contributed by atoms with van der Waals surface area (Å²) in [6.07, 6.45) is 1.61. The highest BCUT2D eigenvalue weighted by Crippen LogP contribution is 2.29. The zero-order valence-corrected chi connectivity index (χ0v) is 15.3. The van der Waals surface area contributed by atoms with Gasteiger partial charge in [-0.2, -0.15) is 0 Å². The van der Waals surface area contributed by atoms with Gasteiger partial charge < -0.3 is 5.32 Å². The van der Waals surface area contributed by atoms with Gasteiger partial charge in [0.2, 0.25) is 0 Å². The van der Waals surface area contributed by atoms with Gasteiger partial charge in [-0.15, -0.1) is 0 Å². The van der Waals surface area contributed by atoms with Gasteiger partial charge in [-0.3, -0.25) is 18.9 Å². The maximum Gasteiger partial charge on any atom is 0.325 e. The number of rotatable bonds is 3. The van der Waals surface area contributed by atoms with Crippen molar-refractivity contribution in [3.63, 3.8) is 0 Å². The first-order valence-electron chi connectivity index (χ1n) is 8.68. The molecular weight excluding hydrogens is 363 g/mol. The number of amides is 3. The van der Waals surface area contributed by atoms with Crippen LogP contribution in [-0.2, 0) is 16.9 Å². The largest absolute Gasteiger partial charge is 0.325 e. The van der Waals surface area contributed by atoms with E-state index in [1.165, 1.54) is 34.7 Å². The van der Waals surface area contributed by atoms with Crippen molar-refractivity contribution in [2.24, 2.45) is 0 Å². The molecule has 0 radical (unpaired) electrons. The number of aryl methyl sites for hydroxylation is 1. The number of aromatic nitrogens is 2. The fourth-order valence-electron chi connectivity index (χ4n) is 3.37. The third-order valence-electron chi connectivity index (χ3n) is 4.96. The summed E-state index contributed by atoms with van der Waals surface area (Å²) in [7, 11) is 0. The average Bonchev–Trinajstić information content (AvgIpc) is 2.87. The van der Waals surface area contributed by atoms with Crippen LogP contribution in [0.3, 0.4) is 0 Å². The molecule has 3 aromatic rings. The number of hydrogen-bond acceptors (Lipinski definition) is 4. The number of benzene rings is 1. The molecule has 7 nitrogen and oxygen atoms in total. The number of halogens is 1. The van der Waals surface area contributed by atoms with Crippen LogP contribution in [-0.4, -0.2) is 26.2 Å². The summed E-state index contributed by atoms with van der Waals surface area (Å²) in [5, 5.41) is 2.65. The molecule has 3 heterocycles. The summed E-state index contributed by atoms with van der Waals surface area (Å²) in [6, 6.07) is 9.67. The van der Waals surface area contributed by atoms with E-state index in [1.807, 2.05) is 13.0 Å². The van der Waals surface area contributed by atoms with Gasteiger partial charge >= 0.3 is 6.03 Å². The minimum atomic E-state index is -1.31. The molecule has 1 aliphatic rings. The first-order valence-corrected chi connectivity index (χ1v) is 8.68. The van der Waals surface area contributed by atoms with Crippen molar-refractivity contribution < 1.29 is 14.0 Å². The minimum Gasteiger partial charge on any atom is -0.319 e. The number of nitrogens with one attached hydrogen (secondary N) is 1. The Morgan fingerprint density at radius 2 is 1.86 bits per heavy atom. The lowest BCUT2D eigenvalue weighted by Gasteiger charge is -2.22. The van der Waals surface area contributed by atoms with Crippen LogP contribution in [0.15, 0.2) is 53.5 Å². The summed E-state index contributed by atoms with van der Waals surface area (Å²) in [5.74, 6) is -0.923. The summed E-state index contributed by atoms with van der Waals surface area (Å²) in [5.41, 5.74) is 0.445. The Labute approximate surface area is 159 Å². The number of imide groups is 1. The quantitative estimate of drug-likeness (QED) is 0.706. The average molecular weight is 380 g/mol. The fraction of sp³-hybridized carbons (Fsp3) is 0.200. The molecule has 28 heavy (non-hydrogen) atoms. The smallest absolute Gasteiger partial charge is 0.319 e. The number of pyridine rings is 1. The molecule has 1 aliphatic heterocycles. The summed E-state index contributed by atoms with van der Waals surface area (Å²) < 4.78 is 14.6. The molecule has 3 amide bonds. The number of hydrogen-bond donors (Lipinski definition) is 1. The Balaban J connectivity index is 1.69. The maximum atomic E-state index is 13.2. The fourth-order valence-corrected chi connectivity index (χ4v) is 3.37. The van der Waals surface area contributed by atoms with Crippen LogP contribution in [0.2, 0.25) is 0 Å². The van der Waals surface area contributed by atoms with E-state index in [-0.39, 0.29) is 12.1 Å². The maximum absolute atomic E-state index is 13.2. The minimum absolute atomic E-state index is 0.137. The summed E-state index contributed by atoms with van der Waals surface area (Å²) >= 11 is 0. The number of urea groups is 1. The lowest BCUT2D eigenvalue weighted by atomic mass is 9.92. The van der Waals surface area contributed by atoms with Crippen molar-refractivity contribution in [1.29, 1.82) is 0 Å². The molecule has 1 N–H and O–H groups in total. The predicted molar refractivity (Wildman–Crippen MR) is 99.0 cm³/mol. The first kappa shape index (κ1) is 17.8. The van der Waals surface area contributed by atoms with Crippen molar-refractivity contribution in [3.05, 3.63) is 81.7 Å². The molecule has 1 saturated heterocycles. The van der Waals surface area contributed by atoms with Crippen LogP contribution < -0.4 is 10.9 Å². The highest BCUT2D eigenvalue weighted by molar-refractivity contribution is 6.07. The van der Waals surface area contributed by atoms with E-state index in [2.05, 4.69) is 10.3 Å². The monoisotopic (exact) mass is 380 g/mol. The normalized spacial score (nSPS) is 19.3. The molecule has 0 spiro atoms. The van der Waals surface area contributed by atoms with Gasteiger partial charge in [-0.25, -0.2) is 14.2 Å². The Morgan fingerprint density at radius 1 is 1.14 bits per heavy atom. The van der Waals surface area contributed by atoms with Crippen molar-refractivity contribution in [3.8, 4) is 0 Å². The van der Waals surface area contributed by atoms with Gasteiger partial charge in [0.15, 0.2) is 0 Å². The Kier molecular flexibility index (Phi) is 3.99. The van der Waals surface area contributed by atoms with E-state index in [0.29, 0.717) is 16.9 Å². The highest BCUT2D eigenvalue weighted by atomic mass is 19.1. The van der Waals surface area contributed by atoms with Crippen LogP contribution in [0.25, 0.3) is 5.65 Å². The topological polar surface area (TPSA) is 83.8 Å². The standard InChI is InChI=1S/C20H17FN4O3/c1-12-4-3-9-24-16(26)10-15(22-17(12)24)11-25-18(27)20(2,23-19(25)28)13-5-7-14(21)8-6-13/h3-10H,11H2,1-2H3,(H,23,28)/t20-/m1/s1. The molecular formula is C20H17FN4O3. The number of carbonyl (C=O) groups excluding carboxylic acids is 2. The van der Waals surface area contributed by atoms with Crippen LogP contribution in [0.4, 0.5) is 9.18 Å². The highest BCUT2D eigenvalue weighted by Gasteiger charge is 2.49. The Hall–Kier alpha value is -3.55. The number of fused-ring (bicyclic) bond motifs is 1. The van der Waals surface area contributed by atoms with E-state index < -0.39 is 23.3 Å². The van der Waals surface area contributed by atoms with Crippen LogP contribution >= 0.6 is 0 Å². The SMILES string of the molecule is Cc1cccn2c(=O)cc(CN3C(=O)N[C@](C)(c4ccc(F)cc4)C3=O)nc12. The van der Waals surface area contributed by atoms with E-state index in [1.54, 1.807) is 19.2 Å². The molecule has 2 aromatic heterocycles. The second kappa shape index (κ2) is 6.26. The predicted octanol–water partition coefficient (Wildman–Crippen LogP) is 2.11. The zero-order chi connectivity index (χ0) is 20.1. The summed E-state index contributed by atoms with van der Waals surface area (Å²) in [6.45, 7) is 3.25. The van der Waals surface area contributed by atoms with E-state index >= 15 is 0 Å². The lowest BCUT2D eigenvalue weighted by molar-refractivity contribution is -0.131. The second-order valence-electron chi connectivity index (χ2n) is 6.92. The molecule has 1 fully saturated rings. The molecule has 4 rings (SSSR count). The van der Waals surface area contributed by atoms with Gasteiger partial charge in [0, 0.05) is 12.3 Å². The molecule has 0 saturated carbocycles. The molecule has 0 unspecified atom stereocenters. The van der Waals surface area contributed by atoms with Crippen molar-refractivity contribution in [1.82, 2.24) is 19.6 Å². The lowest BCUT2D eigenvalue weighted by Crippen LogP contribution is -2.40. The van der Waals surface area contributed by atoms with Gasteiger partial charge in [-0.1, -0.05) is 18.2 Å². The molecule has 0 aliphatic carbocycles. The van der Waals surface area contributed by atoms with Gasteiger partial charge in [-0.05, 0) is 43.2 Å². The van der Waals surface area contributed by atoms with Gasteiger partial charge in [0.25, 0.3) is 11.5 Å². The Morgan fingerprint density at radius 3 is 2.57 bits per heavy atom. The zero-order valence-electron chi connectivity index (χ0n) is 15.3. The van der Waals surface area contributed by atoms with Crippen molar-refractivity contribution in [2.75, 3.05) is 0 Å². The van der Waals surface area contributed by atoms with Crippen molar-refractivity contribution >= 4 is 17.6 Å². The molecule has 1 atom stereocenters. The van der Waals surface area contributed by atoms with Crippen LogP contribution in [0.5, 0.6) is 0 Å². The Bertz CT molecular complexity index is 1170. The third-order valence-corrected chi connectivity index (χ3v) is 4.96. The van der Waals surface area contributed by atoms with Crippen LogP contribution in [0.1, 0.15) is 23.7 Å². The molecule has 1 aromatic carbocycles. The first-order chi connectivity index (χ1) is 13.3. The summed E-state index contributed by atoms with van der Waals surface area (Å²) in [4.78, 5) is 43.3. The van der Waals surface area contributed by atoms with Gasteiger partial charge in [0.05, 0.1) is 12.2 Å². The van der Waals surface area contributed by atoms with Gasteiger partial charge in [0.1, 0.15) is 17.0 Å². The molecule has 0 bridgehead atoms. The van der Waals surface area contributed by atoms with E-state index in [4.69, 9.17) is 0 Å². The number of carbonyl (C=O) groups is 2. The van der Waals surface area contributed by atoms with E-state index in [9.17, 15) is 18.8 Å². The molecule has 142 valence electrons. The number of nitrogens with zero attached hydrogens (tertiary/aromatic N) is 3. The van der Waals surface area contributed by atoms with Crippen molar-refractivity contribution in [2.45, 2.75) is 25.9 Å². The molecule has 8 heteroatoms. The van der Waals surface area contributed by atoms with E-state index in [0.717, 1.165) is 10.5 Å². The van der Waals surface area contributed by atoms with Crippen LogP contribution in [0, 0.1) is 12.7 Å².